The third kappa shape index (κ3) is 5.82. The average molecular weight is 243 g/mol. The Hall–Kier alpha value is -0.160. The van der Waals surface area contributed by atoms with Crippen LogP contribution in [0.2, 0.25) is 0 Å². The number of ether oxygens (including phenoxy) is 1. The highest BCUT2D eigenvalue weighted by atomic mass is 16.5. The van der Waals surface area contributed by atoms with E-state index in [0.717, 1.165) is 26.2 Å². The molecular formula is C13H29N3O. The molecule has 0 amide bonds. The van der Waals surface area contributed by atoms with E-state index in [1.165, 1.54) is 19.5 Å². The maximum absolute atomic E-state index is 5.58. The minimum absolute atomic E-state index is 0.625. The molecule has 0 bridgehead atoms. The van der Waals surface area contributed by atoms with Gasteiger partial charge < -0.3 is 19.9 Å². The Kier molecular flexibility index (Phi) is 7.04. The standard InChI is InChI=1S/C13H29N3O/c1-14-13-6-9-17-11-12(13)10-16(4)8-5-7-15(2)3/h12-14H,5-11H2,1-4H3. The Labute approximate surface area is 106 Å². The zero-order chi connectivity index (χ0) is 12.7. The lowest BCUT2D eigenvalue weighted by atomic mass is 9.95. The Morgan fingerprint density at radius 1 is 1.24 bits per heavy atom. The van der Waals surface area contributed by atoms with Gasteiger partial charge in [-0.3, -0.25) is 0 Å². The smallest absolute Gasteiger partial charge is 0.0521 e. The molecule has 0 spiro atoms. The molecule has 2 atom stereocenters. The van der Waals surface area contributed by atoms with Crippen molar-refractivity contribution in [3.05, 3.63) is 0 Å². The molecule has 1 aliphatic heterocycles. The van der Waals surface area contributed by atoms with Gasteiger partial charge in [0.2, 0.25) is 0 Å². The van der Waals surface area contributed by atoms with Gasteiger partial charge in [-0.15, -0.1) is 0 Å². The molecule has 1 aliphatic rings. The highest BCUT2D eigenvalue weighted by molar-refractivity contribution is 4.80. The van der Waals surface area contributed by atoms with Crippen molar-refractivity contribution in [1.82, 2.24) is 15.1 Å². The molecule has 4 nitrogen and oxygen atoms in total. The maximum atomic E-state index is 5.58. The van der Waals surface area contributed by atoms with Crippen LogP contribution in [0, 0.1) is 5.92 Å². The Balaban J connectivity index is 2.21. The largest absolute Gasteiger partial charge is 0.381 e. The van der Waals surface area contributed by atoms with Crippen LogP contribution in [0.4, 0.5) is 0 Å². The summed E-state index contributed by atoms with van der Waals surface area (Å²) in [5.41, 5.74) is 0. The second-order valence-corrected chi connectivity index (χ2v) is 5.44. The summed E-state index contributed by atoms with van der Waals surface area (Å²) in [5.74, 6) is 0.637. The molecule has 0 aliphatic carbocycles. The second-order valence-electron chi connectivity index (χ2n) is 5.44. The number of hydrogen-bond acceptors (Lipinski definition) is 4. The number of rotatable bonds is 7. The van der Waals surface area contributed by atoms with Crippen molar-refractivity contribution in [3.63, 3.8) is 0 Å². The Morgan fingerprint density at radius 2 is 2.00 bits per heavy atom. The van der Waals surface area contributed by atoms with Crippen LogP contribution in [-0.2, 0) is 4.74 Å². The van der Waals surface area contributed by atoms with Crippen LogP contribution >= 0.6 is 0 Å². The van der Waals surface area contributed by atoms with Crippen LogP contribution < -0.4 is 5.32 Å². The monoisotopic (exact) mass is 243 g/mol. The summed E-state index contributed by atoms with van der Waals surface area (Å²) in [7, 11) is 8.55. The summed E-state index contributed by atoms with van der Waals surface area (Å²) in [6.45, 7) is 5.29. The van der Waals surface area contributed by atoms with Crippen LogP contribution in [-0.4, -0.2) is 76.9 Å². The van der Waals surface area contributed by atoms with Gasteiger partial charge in [0.15, 0.2) is 0 Å². The van der Waals surface area contributed by atoms with Crippen molar-refractivity contribution in [2.45, 2.75) is 18.9 Å². The predicted molar refractivity (Wildman–Crippen MR) is 72.4 cm³/mol. The van der Waals surface area contributed by atoms with Crippen molar-refractivity contribution in [2.75, 3.05) is 61.0 Å². The molecule has 0 aromatic rings. The van der Waals surface area contributed by atoms with Crippen molar-refractivity contribution >= 4 is 0 Å². The van der Waals surface area contributed by atoms with E-state index in [4.69, 9.17) is 4.74 Å². The molecule has 1 N–H and O–H groups in total. The molecule has 0 saturated carbocycles. The van der Waals surface area contributed by atoms with Gasteiger partial charge in [0.1, 0.15) is 0 Å². The molecule has 102 valence electrons. The van der Waals surface area contributed by atoms with E-state index in [9.17, 15) is 0 Å². The van der Waals surface area contributed by atoms with Gasteiger partial charge in [-0.2, -0.15) is 0 Å². The molecule has 17 heavy (non-hydrogen) atoms. The molecule has 2 unspecified atom stereocenters. The van der Waals surface area contributed by atoms with Gasteiger partial charge in [0.25, 0.3) is 0 Å². The van der Waals surface area contributed by atoms with Crippen molar-refractivity contribution in [1.29, 1.82) is 0 Å². The van der Waals surface area contributed by atoms with E-state index in [2.05, 4.69) is 43.3 Å². The van der Waals surface area contributed by atoms with Crippen molar-refractivity contribution in [3.8, 4) is 0 Å². The highest BCUT2D eigenvalue weighted by Crippen LogP contribution is 2.15. The Morgan fingerprint density at radius 3 is 2.65 bits per heavy atom. The highest BCUT2D eigenvalue weighted by Gasteiger charge is 2.25. The van der Waals surface area contributed by atoms with Gasteiger partial charge in [0.05, 0.1) is 6.61 Å². The summed E-state index contributed by atoms with van der Waals surface area (Å²) in [5, 5.41) is 3.42. The van der Waals surface area contributed by atoms with Gasteiger partial charge in [-0.05, 0) is 54.1 Å². The minimum Gasteiger partial charge on any atom is -0.381 e. The van der Waals surface area contributed by atoms with E-state index >= 15 is 0 Å². The predicted octanol–water partition coefficient (Wildman–Crippen LogP) is 0.494. The third-order valence-electron chi connectivity index (χ3n) is 3.54. The molecule has 1 fully saturated rings. The summed E-state index contributed by atoms with van der Waals surface area (Å²) < 4.78 is 5.58. The van der Waals surface area contributed by atoms with Gasteiger partial charge >= 0.3 is 0 Å². The zero-order valence-electron chi connectivity index (χ0n) is 11.9. The van der Waals surface area contributed by atoms with Gasteiger partial charge in [-0.25, -0.2) is 0 Å². The SMILES string of the molecule is CNC1CCOCC1CN(C)CCCN(C)C. The quantitative estimate of drug-likeness (QED) is 0.704. The van der Waals surface area contributed by atoms with Crippen LogP contribution in [0.1, 0.15) is 12.8 Å². The van der Waals surface area contributed by atoms with E-state index in [1.807, 2.05) is 0 Å². The molecule has 1 saturated heterocycles. The first-order chi connectivity index (χ1) is 8.13. The summed E-state index contributed by atoms with van der Waals surface area (Å²) in [6, 6.07) is 0.625. The molecule has 1 rings (SSSR count). The fraction of sp³-hybridized carbons (Fsp3) is 1.00. The number of nitrogens with one attached hydrogen (secondary N) is 1. The fourth-order valence-corrected chi connectivity index (χ4v) is 2.51. The first-order valence-corrected chi connectivity index (χ1v) is 6.71. The van der Waals surface area contributed by atoms with Crippen molar-refractivity contribution < 1.29 is 4.74 Å². The van der Waals surface area contributed by atoms with Crippen LogP contribution in [0.3, 0.4) is 0 Å². The van der Waals surface area contributed by atoms with Gasteiger partial charge in [-0.1, -0.05) is 0 Å². The number of nitrogens with zero attached hydrogens (tertiary/aromatic N) is 2. The lowest BCUT2D eigenvalue weighted by Gasteiger charge is -2.34. The van der Waals surface area contributed by atoms with E-state index in [-0.39, 0.29) is 0 Å². The van der Waals surface area contributed by atoms with Crippen LogP contribution in [0.25, 0.3) is 0 Å². The van der Waals surface area contributed by atoms with Crippen LogP contribution in [0.15, 0.2) is 0 Å². The molecule has 4 heteroatoms. The first-order valence-electron chi connectivity index (χ1n) is 6.71. The van der Waals surface area contributed by atoms with E-state index < -0.39 is 0 Å². The van der Waals surface area contributed by atoms with E-state index in [1.54, 1.807) is 0 Å². The normalized spacial score (nSPS) is 25.8. The molecule has 0 radical (unpaired) electrons. The Bertz CT molecular complexity index is 199. The fourth-order valence-electron chi connectivity index (χ4n) is 2.51. The topological polar surface area (TPSA) is 27.7 Å². The summed E-state index contributed by atoms with van der Waals surface area (Å²) in [6.07, 6.45) is 2.38. The number of hydrogen-bond donors (Lipinski definition) is 1. The molecule has 0 aromatic heterocycles. The first kappa shape index (κ1) is 14.9. The zero-order valence-corrected chi connectivity index (χ0v) is 11.9. The maximum Gasteiger partial charge on any atom is 0.0521 e. The lowest BCUT2D eigenvalue weighted by Crippen LogP contribution is -2.46. The lowest BCUT2D eigenvalue weighted by molar-refractivity contribution is 0.0214. The summed E-state index contributed by atoms with van der Waals surface area (Å²) >= 11 is 0. The molecular weight excluding hydrogens is 214 g/mol. The summed E-state index contributed by atoms with van der Waals surface area (Å²) in [4.78, 5) is 4.68. The van der Waals surface area contributed by atoms with Gasteiger partial charge in [0, 0.05) is 25.1 Å². The average Bonchev–Trinajstić information content (AvgIpc) is 2.29. The third-order valence-corrected chi connectivity index (χ3v) is 3.54. The van der Waals surface area contributed by atoms with Crippen molar-refractivity contribution in [2.24, 2.45) is 5.92 Å². The second kappa shape index (κ2) is 8.03. The minimum atomic E-state index is 0.625. The van der Waals surface area contributed by atoms with E-state index in [0.29, 0.717) is 12.0 Å². The molecule has 0 aromatic carbocycles. The molecule has 1 heterocycles. The van der Waals surface area contributed by atoms with Crippen LogP contribution in [0.5, 0.6) is 0 Å².